The normalized spacial score (nSPS) is 16.8. The van der Waals surface area contributed by atoms with Crippen molar-refractivity contribution in [2.24, 2.45) is 14.1 Å². The number of hydrogen-bond donors (Lipinski definition) is 2. The molecule has 8 nitrogen and oxygen atoms in total. The van der Waals surface area contributed by atoms with E-state index in [1.165, 1.54) is 5.56 Å². The van der Waals surface area contributed by atoms with Gasteiger partial charge in [-0.3, -0.25) is 19.3 Å². The van der Waals surface area contributed by atoms with E-state index in [0.717, 1.165) is 95.8 Å². The van der Waals surface area contributed by atoms with Crippen molar-refractivity contribution >= 4 is 74.3 Å². The van der Waals surface area contributed by atoms with Crippen LogP contribution >= 0.6 is 62.7 Å². The van der Waals surface area contributed by atoms with Gasteiger partial charge in [0, 0.05) is 76.7 Å². The summed E-state index contributed by atoms with van der Waals surface area (Å²) < 4.78 is 4.81. The van der Waals surface area contributed by atoms with Crippen LogP contribution < -0.4 is 10.6 Å². The minimum atomic E-state index is 0.108. The number of pyridine rings is 2. The molecule has 2 unspecified atom stereocenters. The molecule has 2 aromatic carbocycles. The fourth-order valence-corrected chi connectivity index (χ4v) is 10.0. The van der Waals surface area contributed by atoms with E-state index in [4.69, 9.17) is 33.4 Å². The first-order valence-corrected chi connectivity index (χ1v) is 19.8. The van der Waals surface area contributed by atoms with Crippen molar-refractivity contribution in [3.05, 3.63) is 128 Å². The van der Waals surface area contributed by atoms with Gasteiger partial charge in [-0.05, 0) is 66.1 Å². The molecule has 2 aliphatic heterocycles. The Bertz CT molecular complexity index is 1970. The first kappa shape index (κ1) is 34.9. The number of halogens is 3. The Morgan fingerprint density at radius 1 is 0.700 bits per heavy atom. The maximum absolute atomic E-state index is 6.61. The van der Waals surface area contributed by atoms with Crippen molar-refractivity contribution < 1.29 is 0 Å². The molecular weight excluding hydrogens is 771 g/mol. The van der Waals surface area contributed by atoms with Gasteiger partial charge in [0.1, 0.15) is 23.0 Å². The van der Waals surface area contributed by atoms with Crippen molar-refractivity contribution in [1.82, 2.24) is 29.5 Å². The summed E-state index contributed by atoms with van der Waals surface area (Å²) in [4.78, 5) is 9.03. The van der Waals surface area contributed by atoms with Crippen LogP contribution in [0.25, 0.3) is 22.8 Å². The second-order valence-electron chi connectivity index (χ2n) is 11.9. The third-order valence-electron chi connectivity index (χ3n) is 8.55. The van der Waals surface area contributed by atoms with Gasteiger partial charge in [0.15, 0.2) is 0 Å². The van der Waals surface area contributed by atoms with Crippen molar-refractivity contribution in [1.29, 1.82) is 0 Å². The summed E-state index contributed by atoms with van der Waals surface area (Å²) in [5, 5.41) is 18.4. The standard InChI is InChI=1S/C19H19ClN4S.C18H16BrClN4S/c1-12-6-7-13(14(20)11-12)18-16-17(15-5-3-4-8-21-15)23-24(2)19(16)22-9-10-25-18;1-24-18-15(16(23-24)14-4-2-3-7-21-14)17(25-9-8-22-18)12-6-5-11(19)10-13(12)20/h3-8,11,18,22H,9-10H2,1-2H3;2-7,10,17,22H,8-9H2,1H3. The Balaban J connectivity index is 0.000000157. The largest absolute Gasteiger partial charge is 0.369 e. The van der Waals surface area contributed by atoms with Gasteiger partial charge in [-0.15, -0.1) is 23.5 Å². The predicted molar refractivity (Wildman–Crippen MR) is 214 cm³/mol. The van der Waals surface area contributed by atoms with Crippen molar-refractivity contribution in [2.75, 3.05) is 35.2 Å². The predicted octanol–water partition coefficient (Wildman–Crippen LogP) is 9.84. The summed E-state index contributed by atoms with van der Waals surface area (Å²) >= 11 is 20.5. The highest BCUT2D eigenvalue weighted by Crippen LogP contribution is 2.48. The van der Waals surface area contributed by atoms with Gasteiger partial charge in [-0.25, -0.2) is 0 Å². The van der Waals surface area contributed by atoms with Crippen LogP contribution in [0, 0.1) is 6.92 Å². The molecule has 13 heteroatoms. The second kappa shape index (κ2) is 15.4. The fourth-order valence-electron chi connectivity index (χ4n) is 6.29. The summed E-state index contributed by atoms with van der Waals surface area (Å²) in [5.74, 6) is 4.08. The fraction of sp³-hybridized carbons (Fsp3) is 0.243. The van der Waals surface area contributed by atoms with E-state index in [2.05, 4.69) is 61.7 Å². The molecule has 0 radical (unpaired) electrons. The number of nitrogens with one attached hydrogen (secondary N) is 2. The number of hydrogen-bond acceptors (Lipinski definition) is 8. The van der Waals surface area contributed by atoms with Gasteiger partial charge in [0.25, 0.3) is 0 Å². The van der Waals surface area contributed by atoms with Crippen LogP contribution in [0.3, 0.4) is 0 Å². The summed E-state index contributed by atoms with van der Waals surface area (Å²) in [7, 11) is 3.94. The van der Waals surface area contributed by atoms with Gasteiger partial charge in [0.2, 0.25) is 0 Å². The third-order valence-corrected chi connectivity index (χ3v) is 12.2. The molecule has 50 heavy (non-hydrogen) atoms. The van der Waals surface area contributed by atoms with Crippen molar-refractivity contribution in [2.45, 2.75) is 17.4 Å². The van der Waals surface area contributed by atoms with Gasteiger partial charge in [-0.1, -0.05) is 69.5 Å². The van der Waals surface area contributed by atoms with E-state index in [9.17, 15) is 0 Å². The molecule has 8 rings (SSSR count). The average molecular weight is 807 g/mol. The van der Waals surface area contributed by atoms with E-state index in [1.807, 2.05) is 108 Å². The zero-order chi connectivity index (χ0) is 34.8. The second-order valence-corrected chi connectivity index (χ2v) is 16.1. The van der Waals surface area contributed by atoms with Crippen LogP contribution in [0.15, 0.2) is 89.7 Å². The van der Waals surface area contributed by atoms with Crippen LogP contribution in [0.5, 0.6) is 0 Å². The first-order chi connectivity index (χ1) is 24.3. The van der Waals surface area contributed by atoms with Crippen molar-refractivity contribution in [3.63, 3.8) is 0 Å². The topological polar surface area (TPSA) is 85.5 Å². The molecule has 2 aliphatic rings. The first-order valence-electron chi connectivity index (χ1n) is 16.2. The SMILES string of the molecule is Cc1ccc(C2SCCNc3c2c(-c2ccccn2)nn3C)c(Cl)c1.Cn1nc(-c2ccccn2)c2c1NCCSC2c1ccc(Br)cc1Cl. The Kier molecular flexibility index (Phi) is 10.8. The molecule has 6 aromatic rings. The quantitative estimate of drug-likeness (QED) is 0.182. The molecule has 0 aliphatic carbocycles. The molecule has 2 atom stereocenters. The third kappa shape index (κ3) is 7.16. The van der Waals surface area contributed by atoms with Gasteiger partial charge < -0.3 is 10.6 Å². The lowest BCUT2D eigenvalue weighted by atomic mass is 10.0. The summed E-state index contributed by atoms with van der Waals surface area (Å²) in [6.07, 6.45) is 3.61. The molecule has 0 bridgehead atoms. The van der Waals surface area contributed by atoms with Crippen molar-refractivity contribution in [3.8, 4) is 22.8 Å². The number of anilines is 2. The molecule has 0 saturated carbocycles. The molecule has 0 amide bonds. The zero-order valence-corrected chi connectivity index (χ0v) is 32.4. The Morgan fingerprint density at radius 3 is 1.66 bits per heavy atom. The minimum Gasteiger partial charge on any atom is -0.369 e. The lowest BCUT2D eigenvalue weighted by Crippen LogP contribution is -2.06. The Morgan fingerprint density at radius 2 is 1.20 bits per heavy atom. The van der Waals surface area contributed by atoms with E-state index in [0.29, 0.717) is 0 Å². The maximum atomic E-state index is 6.61. The number of thioether (sulfide) groups is 2. The van der Waals surface area contributed by atoms with Crippen LogP contribution in [0.4, 0.5) is 11.6 Å². The number of aromatic nitrogens is 6. The molecule has 0 saturated heterocycles. The molecular formula is C37H35BrCl2N8S2. The van der Waals surface area contributed by atoms with Gasteiger partial charge in [0.05, 0.1) is 21.9 Å². The Hall–Kier alpha value is -3.48. The number of fused-ring (bicyclic) bond motifs is 2. The lowest BCUT2D eigenvalue weighted by molar-refractivity contribution is 0.773. The molecule has 256 valence electrons. The molecule has 0 fully saturated rings. The minimum absolute atomic E-state index is 0.108. The van der Waals surface area contributed by atoms with Gasteiger partial charge in [-0.2, -0.15) is 10.2 Å². The molecule has 0 spiro atoms. The van der Waals surface area contributed by atoms with E-state index < -0.39 is 0 Å². The van der Waals surface area contributed by atoms with E-state index >= 15 is 0 Å². The zero-order valence-electron chi connectivity index (χ0n) is 27.7. The molecule has 6 heterocycles. The molecule has 2 N–H and O–H groups in total. The highest BCUT2D eigenvalue weighted by molar-refractivity contribution is 9.10. The number of rotatable bonds is 4. The summed E-state index contributed by atoms with van der Waals surface area (Å²) in [5.41, 5.74) is 9.30. The molecule has 4 aromatic heterocycles. The summed E-state index contributed by atoms with van der Waals surface area (Å²) in [6.45, 7) is 3.86. The number of nitrogens with zero attached hydrogens (tertiary/aromatic N) is 6. The number of benzene rings is 2. The van der Waals surface area contributed by atoms with Gasteiger partial charge >= 0.3 is 0 Å². The number of aryl methyl sites for hydroxylation is 3. The maximum Gasteiger partial charge on any atom is 0.129 e. The lowest BCUT2D eigenvalue weighted by Gasteiger charge is -2.18. The van der Waals surface area contributed by atoms with Crippen LogP contribution in [-0.2, 0) is 14.1 Å². The van der Waals surface area contributed by atoms with Crippen LogP contribution in [0.1, 0.15) is 38.3 Å². The van der Waals surface area contributed by atoms with Crippen LogP contribution in [-0.4, -0.2) is 54.1 Å². The smallest absolute Gasteiger partial charge is 0.129 e. The Labute approximate surface area is 318 Å². The monoisotopic (exact) mass is 804 g/mol. The summed E-state index contributed by atoms with van der Waals surface area (Å²) in [6, 6.07) is 24.2. The van der Waals surface area contributed by atoms with E-state index in [-0.39, 0.29) is 10.5 Å². The average Bonchev–Trinajstić information content (AvgIpc) is 3.39. The van der Waals surface area contributed by atoms with Crippen LogP contribution in [0.2, 0.25) is 10.0 Å². The highest BCUT2D eigenvalue weighted by atomic mass is 79.9. The highest BCUT2D eigenvalue weighted by Gasteiger charge is 2.32. The van der Waals surface area contributed by atoms with E-state index in [1.54, 1.807) is 6.20 Å².